The zero-order valence-corrected chi connectivity index (χ0v) is 15.5. The summed E-state index contributed by atoms with van der Waals surface area (Å²) in [4.78, 5) is 0. The van der Waals surface area contributed by atoms with E-state index in [2.05, 4.69) is 38.7 Å². The molecule has 122 valence electrons. The fourth-order valence-corrected chi connectivity index (χ4v) is 2.30. The monoisotopic (exact) mass is 387 g/mol. The van der Waals surface area contributed by atoms with E-state index in [4.69, 9.17) is 21.7 Å². The van der Waals surface area contributed by atoms with Crippen LogP contribution in [0.5, 0.6) is 5.75 Å². The highest BCUT2D eigenvalue weighted by Crippen LogP contribution is 2.21. The molecule has 2 N–H and O–H groups in total. The van der Waals surface area contributed by atoms with Crippen LogP contribution in [-0.2, 0) is 4.74 Å². The number of thiocarbonyl (C=S) groups is 1. The summed E-state index contributed by atoms with van der Waals surface area (Å²) in [5, 5.41) is 7.66. The quantitative estimate of drug-likeness (QED) is 0.407. The molecule has 0 heterocycles. The van der Waals surface area contributed by atoms with Gasteiger partial charge in [0.2, 0.25) is 0 Å². The summed E-state index contributed by atoms with van der Waals surface area (Å²) in [6, 6.07) is 5.92. The number of benzene rings is 1. The molecule has 0 spiro atoms. The van der Waals surface area contributed by atoms with E-state index < -0.39 is 0 Å². The first-order valence-electron chi connectivity index (χ1n) is 7.07. The minimum atomic E-state index is 0.120. The van der Waals surface area contributed by atoms with Crippen molar-refractivity contribution in [2.75, 3.05) is 20.3 Å². The first-order valence-corrected chi connectivity index (χ1v) is 8.27. The fourth-order valence-electron chi connectivity index (χ4n) is 1.67. The lowest BCUT2D eigenvalue weighted by atomic mass is 10.2. The maximum Gasteiger partial charge on any atom is 0.187 e. The van der Waals surface area contributed by atoms with E-state index >= 15 is 0 Å². The maximum absolute atomic E-state index is 5.69. The third kappa shape index (κ3) is 7.20. The van der Waals surface area contributed by atoms with Crippen molar-refractivity contribution in [2.24, 2.45) is 5.10 Å². The number of hydrogen-bond acceptors (Lipinski definition) is 4. The lowest BCUT2D eigenvalue weighted by molar-refractivity contribution is 0.179. The number of hydrogen-bond donors (Lipinski definition) is 2. The standard InChI is InChI=1S/C15H22BrN3O2S/c1-4-7-21-14-6-5-13(16)8-12(14)9-17-19-15(22)18-11(2)10-20-3/h5-6,8-9,11H,4,7,10H2,1-3H3,(H2,18,19,22)/b17-9-/t11-/m0/s1. The molecule has 0 fully saturated rings. The molecule has 5 nitrogen and oxygen atoms in total. The number of hydrazone groups is 1. The van der Waals surface area contributed by atoms with Gasteiger partial charge in [0.05, 0.1) is 19.4 Å². The molecule has 0 bridgehead atoms. The number of methoxy groups -OCH3 is 1. The summed E-state index contributed by atoms with van der Waals surface area (Å²) >= 11 is 8.60. The molecule has 0 aliphatic heterocycles. The lowest BCUT2D eigenvalue weighted by Gasteiger charge is -2.14. The second-order valence-corrected chi connectivity index (χ2v) is 6.05. The van der Waals surface area contributed by atoms with Crippen LogP contribution in [0.2, 0.25) is 0 Å². The van der Waals surface area contributed by atoms with Crippen molar-refractivity contribution in [2.45, 2.75) is 26.3 Å². The van der Waals surface area contributed by atoms with Crippen molar-refractivity contribution in [3.05, 3.63) is 28.2 Å². The number of rotatable bonds is 8. The Balaban J connectivity index is 2.61. The van der Waals surface area contributed by atoms with Crippen LogP contribution in [0.25, 0.3) is 0 Å². The van der Waals surface area contributed by atoms with Crippen LogP contribution < -0.4 is 15.5 Å². The van der Waals surface area contributed by atoms with E-state index in [0.717, 1.165) is 22.2 Å². The van der Waals surface area contributed by atoms with Crippen LogP contribution in [0, 0.1) is 0 Å². The number of nitrogens with one attached hydrogen (secondary N) is 2. The van der Waals surface area contributed by atoms with Gasteiger partial charge in [0.1, 0.15) is 5.75 Å². The summed E-state index contributed by atoms with van der Waals surface area (Å²) < 4.78 is 11.7. The normalized spacial score (nSPS) is 12.2. The molecule has 22 heavy (non-hydrogen) atoms. The maximum atomic E-state index is 5.69. The predicted molar refractivity (Wildman–Crippen MR) is 97.7 cm³/mol. The summed E-state index contributed by atoms with van der Waals surface area (Å²) in [6.45, 7) is 5.29. The van der Waals surface area contributed by atoms with Crippen LogP contribution in [0.1, 0.15) is 25.8 Å². The average molecular weight is 388 g/mol. The van der Waals surface area contributed by atoms with Crippen molar-refractivity contribution >= 4 is 39.5 Å². The number of nitrogens with zero attached hydrogens (tertiary/aromatic N) is 1. The molecule has 0 saturated heterocycles. The molecular formula is C15H22BrN3O2S. The first-order chi connectivity index (χ1) is 10.6. The Morgan fingerprint density at radius 1 is 1.50 bits per heavy atom. The topological polar surface area (TPSA) is 54.9 Å². The largest absolute Gasteiger partial charge is 0.493 e. The fraction of sp³-hybridized carbons (Fsp3) is 0.467. The molecule has 1 aromatic carbocycles. The first kappa shape index (κ1) is 18.9. The Hall–Kier alpha value is -1.18. The smallest absolute Gasteiger partial charge is 0.187 e. The highest BCUT2D eigenvalue weighted by molar-refractivity contribution is 9.10. The Labute approximate surface area is 145 Å². The Bertz CT molecular complexity index is 512. The molecule has 7 heteroatoms. The van der Waals surface area contributed by atoms with Crippen LogP contribution in [-0.4, -0.2) is 37.7 Å². The zero-order valence-electron chi connectivity index (χ0n) is 13.1. The van der Waals surface area contributed by atoms with Crippen molar-refractivity contribution in [3.63, 3.8) is 0 Å². The number of ether oxygens (including phenoxy) is 2. The third-order valence-corrected chi connectivity index (χ3v) is 3.30. The molecule has 0 saturated carbocycles. The van der Waals surface area contributed by atoms with Gasteiger partial charge in [-0.3, -0.25) is 5.43 Å². The third-order valence-electron chi connectivity index (χ3n) is 2.60. The Morgan fingerprint density at radius 2 is 2.27 bits per heavy atom. The molecule has 0 aromatic heterocycles. The molecule has 0 unspecified atom stereocenters. The molecule has 0 aliphatic carbocycles. The summed E-state index contributed by atoms with van der Waals surface area (Å²) in [6.07, 6.45) is 2.64. The number of halogens is 1. The highest BCUT2D eigenvalue weighted by Gasteiger charge is 2.04. The van der Waals surface area contributed by atoms with Gasteiger partial charge in [0.15, 0.2) is 5.11 Å². The van der Waals surface area contributed by atoms with Gasteiger partial charge < -0.3 is 14.8 Å². The summed E-state index contributed by atoms with van der Waals surface area (Å²) in [5.74, 6) is 0.794. The zero-order chi connectivity index (χ0) is 16.4. The van der Waals surface area contributed by atoms with E-state index in [1.165, 1.54) is 0 Å². The summed E-state index contributed by atoms with van der Waals surface area (Å²) in [5.41, 5.74) is 3.66. The average Bonchev–Trinajstić information content (AvgIpc) is 2.46. The van der Waals surface area contributed by atoms with Crippen molar-refractivity contribution in [1.82, 2.24) is 10.7 Å². The minimum absolute atomic E-state index is 0.120. The minimum Gasteiger partial charge on any atom is -0.493 e. The van der Waals surface area contributed by atoms with Gasteiger partial charge in [0.25, 0.3) is 0 Å². The van der Waals surface area contributed by atoms with Gasteiger partial charge in [-0.25, -0.2) is 0 Å². The summed E-state index contributed by atoms with van der Waals surface area (Å²) in [7, 11) is 1.65. The van der Waals surface area contributed by atoms with Gasteiger partial charge in [-0.05, 0) is 43.8 Å². The van der Waals surface area contributed by atoms with Crippen LogP contribution >= 0.6 is 28.1 Å². The Kier molecular flexibility index (Phi) is 9.03. The van der Waals surface area contributed by atoms with Crippen LogP contribution in [0.15, 0.2) is 27.8 Å². The van der Waals surface area contributed by atoms with E-state index in [9.17, 15) is 0 Å². The van der Waals surface area contributed by atoms with Crippen LogP contribution in [0.4, 0.5) is 0 Å². The van der Waals surface area contributed by atoms with Gasteiger partial charge in [-0.2, -0.15) is 5.10 Å². The SMILES string of the molecule is CCCOc1ccc(Br)cc1/C=N\NC(=S)N[C@@H](C)COC. The molecule has 0 amide bonds. The van der Waals surface area contributed by atoms with E-state index in [0.29, 0.717) is 18.3 Å². The predicted octanol–water partition coefficient (Wildman–Crippen LogP) is 3.07. The van der Waals surface area contributed by atoms with Crippen molar-refractivity contribution < 1.29 is 9.47 Å². The second-order valence-electron chi connectivity index (χ2n) is 4.73. The molecule has 1 atom stereocenters. The van der Waals surface area contributed by atoms with E-state index in [-0.39, 0.29) is 6.04 Å². The van der Waals surface area contributed by atoms with Gasteiger partial charge in [-0.1, -0.05) is 22.9 Å². The molecule has 1 aromatic rings. The van der Waals surface area contributed by atoms with E-state index in [1.54, 1.807) is 13.3 Å². The Morgan fingerprint density at radius 3 is 2.95 bits per heavy atom. The molecule has 0 radical (unpaired) electrons. The van der Waals surface area contributed by atoms with Crippen LogP contribution in [0.3, 0.4) is 0 Å². The van der Waals surface area contributed by atoms with Gasteiger partial charge in [0, 0.05) is 23.2 Å². The second kappa shape index (κ2) is 10.5. The van der Waals surface area contributed by atoms with Gasteiger partial charge >= 0.3 is 0 Å². The van der Waals surface area contributed by atoms with Gasteiger partial charge in [-0.15, -0.1) is 0 Å². The van der Waals surface area contributed by atoms with E-state index in [1.807, 2.05) is 25.1 Å². The molecule has 0 aliphatic rings. The van der Waals surface area contributed by atoms with Crippen molar-refractivity contribution in [3.8, 4) is 5.75 Å². The molecular weight excluding hydrogens is 366 g/mol. The molecule has 1 rings (SSSR count). The highest BCUT2D eigenvalue weighted by atomic mass is 79.9. The lowest BCUT2D eigenvalue weighted by Crippen LogP contribution is -2.40. The van der Waals surface area contributed by atoms with Crippen molar-refractivity contribution in [1.29, 1.82) is 0 Å².